The van der Waals surface area contributed by atoms with E-state index in [-0.39, 0.29) is 40.3 Å². The van der Waals surface area contributed by atoms with Crippen LogP contribution in [0.2, 0.25) is 0 Å². The standard InChI is InChI=1S/C17H22N4O5S3/c1-5-18-16-20-21-17(29-16)27-8-10(22)19-13-11(14(23)25-6-2)9(4)12(28-13)15(24)26-7-3/h5-8H2,1-4H3,(H,18,20)(H,19,22). The quantitative estimate of drug-likeness (QED) is 0.407. The Bertz CT molecular complexity index is 881. The van der Waals surface area contributed by atoms with Gasteiger partial charge in [0.1, 0.15) is 9.88 Å². The maximum Gasteiger partial charge on any atom is 0.348 e. The monoisotopic (exact) mass is 458 g/mol. The number of thioether (sulfide) groups is 1. The van der Waals surface area contributed by atoms with Crippen molar-refractivity contribution >= 4 is 62.4 Å². The molecule has 1 amide bonds. The van der Waals surface area contributed by atoms with Crippen molar-refractivity contribution in [3.63, 3.8) is 0 Å². The van der Waals surface area contributed by atoms with E-state index in [1.807, 2.05) is 6.92 Å². The first kappa shape index (κ1) is 23.1. The van der Waals surface area contributed by atoms with Crippen molar-refractivity contribution < 1.29 is 23.9 Å². The van der Waals surface area contributed by atoms with E-state index < -0.39 is 11.9 Å². The fourth-order valence-electron chi connectivity index (χ4n) is 2.22. The molecule has 0 spiro atoms. The Morgan fingerprint density at radius 3 is 2.38 bits per heavy atom. The molecule has 0 bridgehead atoms. The summed E-state index contributed by atoms with van der Waals surface area (Å²) in [6.07, 6.45) is 0. The topological polar surface area (TPSA) is 120 Å². The van der Waals surface area contributed by atoms with E-state index in [9.17, 15) is 14.4 Å². The number of carbonyl (C=O) groups excluding carboxylic acids is 3. The average Bonchev–Trinajstić information content (AvgIpc) is 3.25. The van der Waals surface area contributed by atoms with Crippen molar-refractivity contribution in [2.24, 2.45) is 0 Å². The number of hydrogen-bond acceptors (Lipinski definition) is 11. The van der Waals surface area contributed by atoms with Crippen LogP contribution in [0, 0.1) is 6.92 Å². The fraction of sp³-hybridized carbons (Fsp3) is 0.471. The summed E-state index contributed by atoms with van der Waals surface area (Å²) in [4.78, 5) is 37.2. The molecule has 0 aromatic carbocycles. The van der Waals surface area contributed by atoms with Crippen molar-refractivity contribution in [3.8, 4) is 0 Å². The van der Waals surface area contributed by atoms with E-state index in [0.29, 0.717) is 15.0 Å². The molecule has 29 heavy (non-hydrogen) atoms. The smallest absolute Gasteiger partial charge is 0.348 e. The summed E-state index contributed by atoms with van der Waals surface area (Å²) in [6, 6.07) is 0. The Balaban J connectivity index is 2.14. The number of carbonyl (C=O) groups is 3. The molecule has 2 aromatic heterocycles. The summed E-state index contributed by atoms with van der Waals surface area (Å²) in [5, 5.41) is 14.7. The van der Waals surface area contributed by atoms with Crippen molar-refractivity contribution in [1.82, 2.24) is 10.2 Å². The molecule has 9 nitrogen and oxygen atoms in total. The van der Waals surface area contributed by atoms with E-state index in [1.165, 1.54) is 23.1 Å². The lowest BCUT2D eigenvalue weighted by Crippen LogP contribution is -2.16. The highest BCUT2D eigenvalue weighted by molar-refractivity contribution is 8.01. The second-order valence-electron chi connectivity index (χ2n) is 5.44. The van der Waals surface area contributed by atoms with Gasteiger partial charge in [0.25, 0.3) is 0 Å². The second-order valence-corrected chi connectivity index (χ2v) is 8.66. The van der Waals surface area contributed by atoms with Crippen LogP contribution >= 0.6 is 34.4 Å². The van der Waals surface area contributed by atoms with Gasteiger partial charge in [-0.2, -0.15) is 0 Å². The summed E-state index contributed by atoms with van der Waals surface area (Å²) in [5.41, 5.74) is 0.595. The molecule has 0 radical (unpaired) electrons. The third kappa shape index (κ3) is 6.15. The molecular formula is C17H22N4O5S3. The zero-order chi connectivity index (χ0) is 21.4. The highest BCUT2D eigenvalue weighted by Gasteiger charge is 2.27. The van der Waals surface area contributed by atoms with Crippen LogP contribution < -0.4 is 10.6 Å². The molecule has 2 N–H and O–H groups in total. The van der Waals surface area contributed by atoms with Crippen LogP contribution in [0.4, 0.5) is 10.1 Å². The van der Waals surface area contributed by atoms with E-state index in [4.69, 9.17) is 9.47 Å². The lowest BCUT2D eigenvalue weighted by atomic mass is 10.1. The summed E-state index contributed by atoms with van der Waals surface area (Å²) in [7, 11) is 0. The first-order valence-corrected chi connectivity index (χ1v) is 11.5. The largest absolute Gasteiger partial charge is 0.462 e. The van der Waals surface area contributed by atoms with Crippen molar-refractivity contribution in [3.05, 3.63) is 16.0 Å². The highest BCUT2D eigenvalue weighted by Crippen LogP contribution is 2.34. The Morgan fingerprint density at radius 1 is 1.03 bits per heavy atom. The number of nitrogens with zero attached hydrogens (tertiary/aromatic N) is 2. The lowest BCUT2D eigenvalue weighted by Gasteiger charge is -2.06. The number of anilines is 2. The van der Waals surface area contributed by atoms with E-state index in [2.05, 4.69) is 20.8 Å². The van der Waals surface area contributed by atoms with Gasteiger partial charge in [0.05, 0.1) is 24.5 Å². The number of esters is 2. The zero-order valence-corrected chi connectivity index (χ0v) is 18.9. The van der Waals surface area contributed by atoms with Crippen LogP contribution in [0.1, 0.15) is 46.4 Å². The minimum atomic E-state index is -0.598. The van der Waals surface area contributed by atoms with Crippen LogP contribution in [0.25, 0.3) is 0 Å². The van der Waals surface area contributed by atoms with Gasteiger partial charge in [-0.05, 0) is 33.3 Å². The Hall–Kier alpha value is -2.18. The highest BCUT2D eigenvalue weighted by atomic mass is 32.2. The van der Waals surface area contributed by atoms with Crippen LogP contribution in [0.3, 0.4) is 0 Å². The molecule has 158 valence electrons. The van der Waals surface area contributed by atoms with Gasteiger partial charge < -0.3 is 20.1 Å². The third-order valence-corrected chi connectivity index (χ3v) is 6.60. The van der Waals surface area contributed by atoms with E-state index in [0.717, 1.165) is 17.9 Å². The molecule has 0 aliphatic carbocycles. The third-order valence-electron chi connectivity index (χ3n) is 3.40. The zero-order valence-electron chi connectivity index (χ0n) is 16.5. The van der Waals surface area contributed by atoms with Crippen molar-refractivity contribution in [2.75, 3.05) is 36.1 Å². The maximum absolute atomic E-state index is 12.4. The molecule has 0 atom stereocenters. The van der Waals surface area contributed by atoms with Crippen LogP contribution in [-0.4, -0.2) is 53.6 Å². The molecule has 12 heteroatoms. The number of nitrogens with one attached hydrogen (secondary N) is 2. The molecule has 0 saturated heterocycles. The number of ether oxygens (including phenoxy) is 2. The Labute approximate surface area is 180 Å². The second kappa shape index (κ2) is 11.1. The summed E-state index contributed by atoms with van der Waals surface area (Å²) >= 11 is 3.58. The summed E-state index contributed by atoms with van der Waals surface area (Å²) < 4.78 is 10.8. The minimum absolute atomic E-state index is 0.0781. The van der Waals surface area contributed by atoms with Gasteiger partial charge in [0.2, 0.25) is 11.0 Å². The molecular weight excluding hydrogens is 436 g/mol. The molecule has 0 aliphatic rings. The van der Waals surface area contributed by atoms with Crippen LogP contribution in [0.15, 0.2) is 4.34 Å². The van der Waals surface area contributed by atoms with Gasteiger partial charge in [-0.1, -0.05) is 23.1 Å². The van der Waals surface area contributed by atoms with Gasteiger partial charge in [-0.25, -0.2) is 9.59 Å². The average molecular weight is 459 g/mol. The fourth-order valence-corrected chi connectivity index (χ4v) is 4.95. The van der Waals surface area contributed by atoms with Gasteiger partial charge in [0, 0.05) is 6.54 Å². The molecule has 0 fully saturated rings. The Morgan fingerprint density at radius 2 is 1.72 bits per heavy atom. The van der Waals surface area contributed by atoms with Crippen LogP contribution in [0.5, 0.6) is 0 Å². The number of aromatic nitrogens is 2. The molecule has 2 rings (SSSR count). The first-order chi connectivity index (χ1) is 13.9. The molecule has 0 aliphatic heterocycles. The first-order valence-electron chi connectivity index (χ1n) is 8.88. The number of rotatable bonds is 10. The Kier molecular flexibility index (Phi) is 8.86. The maximum atomic E-state index is 12.4. The molecule has 0 saturated carbocycles. The molecule has 0 unspecified atom stereocenters. The normalized spacial score (nSPS) is 10.5. The van der Waals surface area contributed by atoms with E-state index >= 15 is 0 Å². The van der Waals surface area contributed by atoms with Crippen molar-refractivity contribution in [1.29, 1.82) is 0 Å². The number of amides is 1. The van der Waals surface area contributed by atoms with E-state index in [1.54, 1.807) is 20.8 Å². The van der Waals surface area contributed by atoms with Crippen LogP contribution in [-0.2, 0) is 14.3 Å². The van der Waals surface area contributed by atoms with Gasteiger partial charge in [0.15, 0.2) is 4.34 Å². The molecule has 2 heterocycles. The number of thiophene rings is 1. The summed E-state index contributed by atoms with van der Waals surface area (Å²) in [5.74, 6) is -1.40. The lowest BCUT2D eigenvalue weighted by molar-refractivity contribution is -0.113. The predicted octanol–water partition coefficient (Wildman–Crippen LogP) is 3.42. The van der Waals surface area contributed by atoms with Gasteiger partial charge >= 0.3 is 11.9 Å². The molecule has 2 aromatic rings. The van der Waals surface area contributed by atoms with Gasteiger partial charge in [-0.15, -0.1) is 21.5 Å². The minimum Gasteiger partial charge on any atom is -0.462 e. The SMILES string of the molecule is CCNc1nnc(SCC(=O)Nc2sc(C(=O)OCC)c(C)c2C(=O)OCC)s1. The van der Waals surface area contributed by atoms with Gasteiger partial charge in [-0.3, -0.25) is 4.79 Å². The van der Waals surface area contributed by atoms with Crippen molar-refractivity contribution in [2.45, 2.75) is 32.0 Å². The summed E-state index contributed by atoms with van der Waals surface area (Å²) in [6.45, 7) is 8.08. The number of hydrogen-bond donors (Lipinski definition) is 2. The predicted molar refractivity (Wildman–Crippen MR) is 114 cm³/mol.